The predicted molar refractivity (Wildman–Crippen MR) is 89.3 cm³/mol. The maximum absolute atomic E-state index is 5.78. The second-order valence-corrected chi connectivity index (χ2v) is 6.90. The molecular weight excluding hydrogens is 276 g/mol. The molecule has 0 amide bonds. The molecule has 120 valence electrons. The highest BCUT2D eigenvalue weighted by atomic mass is 16.6. The molecular formula is C18H26N2O2. The number of rotatable bonds is 2. The van der Waals surface area contributed by atoms with E-state index in [9.17, 15) is 0 Å². The van der Waals surface area contributed by atoms with Crippen LogP contribution in [0.25, 0.3) is 0 Å². The van der Waals surface area contributed by atoms with Gasteiger partial charge in [-0.1, -0.05) is 19.3 Å². The highest BCUT2D eigenvalue weighted by molar-refractivity contribution is 5.77. The normalized spacial score (nSPS) is 24.6. The standard InChI is InChI=1S/C18H26N2O2/c1-13-11-19-15-9-17-18(22-8-7-21-17)10-16(15)20(13)12-14-5-3-2-4-6-14/h9-10,13-14,19H,2-8,11-12H2,1H3. The van der Waals surface area contributed by atoms with E-state index in [-0.39, 0.29) is 0 Å². The minimum atomic E-state index is 0.525. The first-order chi connectivity index (χ1) is 10.8. The lowest BCUT2D eigenvalue weighted by atomic mass is 9.88. The number of benzene rings is 1. The average Bonchev–Trinajstić information content (AvgIpc) is 2.57. The molecule has 1 atom stereocenters. The van der Waals surface area contributed by atoms with E-state index in [0.717, 1.165) is 24.0 Å². The van der Waals surface area contributed by atoms with Crippen molar-refractivity contribution in [3.63, 3.8) is 0 Å². The molecule has 2 aliphatic heterocycles. The highest BCUT2D eigenvalue weighted by Crippen LogP contribution is 2.43. The van der Waals surface area contributed by atoms with Gasteiger partial charge in [0.15, 0.2) is 11.5 Å². The molecule has 1 fully saturated rings. The number of hydrogen-bond acceptors (Lipinski definition) is 4. The van der Waals surface area contributed by atoms with Crippen molar-refractivity contribution in [3.05, 3.63) is 12.1 Å². The van der Waals surface area contributed by atoms with Crippen LogP contribution in [0.1, 0.15) is 39.0 Å². The summed E-state index contributed by atoms with van der Waals surface area (Å²) in [6, 6.07) is 4.82. The van der Waals surface area contributed by atoms with Crippen molar-refractivity contribution in [2.24, 2.45) is 5.92 Å². The second kappa shape index (κ2) is 5.90. The molecule has 2 heterocycles. The van der Waals surface area contributed by atoms with Crippen LogP contribution >= 0.6 is 0 Å². The van der Waals surface area contributed by atoms with Gasteiger partial charge in [0.2, 0.25) is 0 Å². The zero-order valence-electron chi connectivity index (χ0n) is 13.4. The van der Waals surface area contributed by atoms with Gasteiger partial charge in [-0.05, 0) is 25.7 Å². The van der Waals surface area contributed by atoms with Gasteiger partial charge in [0, 0.05) is 31.3 Å². The minimum absolute atomic E-state index is 0.525. The van der Waals surface area contributed by atoms with Gasteiger partial charge in [-0.2, -0.15) is 0 Å². The van der Waals surface area contributed by atoms with Gasteiger partial charge >= 0.3 is 0 Å². The maximum atomic E-state index is 5.78. The summed E-state index contributed by atoms with van der Waals surface area (Å²) in [5.74, 6) is 2.62. The molecule has 4 heteroatoms. The van der Waals surface area contributed by atoms with Crippen LogP contribution in [-0.2, 0) is 0 Å². The van der Waals surface area contributed by atoms with Crippen molar-refractivity contribution in [2.75, 3.05) is 36.5 Å². The fraction of sp³-hybridized carbons (Fsp3) is 0.667. The molecule has 22 heavy (non-hydrogen) atoms. The van der Waals surface area contributed by atoms with Crippen molar-refractivity contribution >= 4 is 11.4 Å². The molecule has 0 aromatic heterocycles. The van der Waals surface area contributed by atoms with Crippen LogP contribution in [0.2, 0.25) is 0 Å². The van der Waals surface area contributed by atoms with Crippen LogP contribution in [0, 0.1) is 5.92 Å². The fourth-order valence-electron chi connectivity index (χ4n) is 3.99. The molecule has 3 aliphatic rings. The van der Waals surface area contributed by atoms with Crippen LogP contribution in [0.4, 0.5) is 11.4 Å². The quantitative estimate of drug-likeness (QED) is 0.904. The molecule has 1 N–H and O–H groups in total. The molecule has 0 bridgehead atoms. The van der Waals surface area contributed by atoms with Gasteiger partial charge in [0.25, 0.3) is 0 Å². The van der Waals surface area contributed by atoms with Crippen molar-refractivity contribution < 1.29 is 9.47 Å². The van der Waals surface area contributed by atoms with Crippen LogP contribution < -0.4 is 19.7 Å². The minimum Gasteiger partial charge on any atom is -0.486 e. The summed E-state index contributed by atoms with van der Waals surface area (Å²) in [4.78, 5) is 2.58. The highest BCUT2D eigenvalue weighted by Gasteiger charge is 2.28. The second-order valence-electron chi connectivity index (χ2n) is 6.90. The van der Waals surface area contributed by atoms with Crippen LogP contribution in [-0.4, -0.2) is 32.3 Å². The first kappa shape index (κ1) is 14.0. The van der Waals surface area contributed by atoms with E-state index in [1.807, 2.05) is 0 Å². The molecule has 0 spiro atoms. The Morgan fingerprint density at radius 1 is 1.09 bits per heavy atom. The number of anilines is 2. The number of nitrogens with one attached hydrogen (secondary N) is 1. The fourth-order valence-corrected chi connectivity index (χ4v) is 3.99. The molecule has 1 saturated carbocycles. The third-order valence-electron chi connectivity index (χ3n) is 5.27. The summed E-state index contributed by atoms with van der Waals surface area (Å²) in [5.41, 5.74) is 2.48. The lowest BCUT2D eigenvalue weighted by Gasteiger charge is -2.41. The topological polar surface area (TPSA) is 33.7 Å². The van der Waals surface area contributed by atoms with E-state index >= 15 is 0 Å². The Kier molecular flexibility index (Phi) is 3.77. The van der Waals surface area contributed by atoms with E-state index in [0.29, 0.717) is 19.3 Å². The predicted octanol–water partition coefficient (Wildman–Crippen LogP) is 3.66. The maximum Gasteiger partial charge on any atom is 0.163 e. The zero-order chi connectivity index (χ0) is 14.9. The number of ether oxygens (including phenoxy) is 2. The smallest absolute Gasteiger partial charge is 0.163 e. The van der Waals surface area contributed by atoms with Crippen LogP contribution in [0.15, 0.2) is 12.1 Å². The summed E-state index contributed by atoms with van der Waals surface area (Å²) in [5, 5.41) is 3.55. The Bertz CT molecular complexity index is 540. The summed E-state index contributed by atoms with van der Waals surface area (Å²) in [6.45, 7) is 5.79. The number of fused-ring (bicyclic) bond motifs is 2. The number of hydrogen-bond donors (Lipinski definition) is 1. The molecule has 0 saturated heterocycles. The molecule has 4 rings (SSSR count). The molecule has 1 aliphatic carbocycles. The first-order valence-electron chi connectivity index (χ1n) is 8.75. The summed E-state index contributed by atoms with van der Waals surface area (Å²) >= 11 is 0. The molecule has 0 radical (unpaired) electrons. The average molecular weight is 302 g/mol. The van der Waals surface area contributed by atoms with Gasteiger partial charge < -0.3 is 19.7 Å². The largest absolute Gasteiger partial charge is 0.486 e. The van der Waals surface area contributed by atoms with Gasteiger partial charge in [0.1, 0.15) is 13.2 Å². The number of nitrogens with zero attached hydrogens (tertiary/aromatic N) is 1. The van der Waals surface area contributed by atoms with Crippen LogP contribution in [0.3, 0.4) is 0 Å². The van der Waals surface area contributed by atoms with Gasteiger partial charge in [-0.3, -0.25) is 0 Å². The molecule has 1 unspecified atom stereocenters. The van der Waals surface area contributed by atoms with Gasteiger partial charge in [0.05, 0.1) is 11.4 Å². The lowest BCUT2D eigenvalue weighted by Crippen LogP contribution is -2.45. The van der Waals surface area contributed by atoms with Crippen molar-refractivity contribution in [1.82, 2.24) is 0 Å². The Hall–Kier alpha value is -1.58. The van der Waals surface area contributed by atoms with Crippen LogP contribution in [0.5, 0.6) is 11.5 Å². The van der Waals surface area contributed by atoms with E-state index in [1.54, 1.807) is 0 Å². The summed E-state index contributed by atoms with van der Waals surface area (Å²) in [7, 11) is 0. The van der Waals surface area contributed by atoms with Gasteiger partial charge in [-0.15, -0.1) is 0 Å². The van der Waals surface area contributed by atoms with E-state index in [2.05, 4.69) is 29.3 Å². The summed E-state index contributed by atoms with van der Waals surface area (Å²) < 4.78 is 11.5. The first-order valence-corrected chi connectivity index (χ1v) is 8.75. The van der Waals surface area contributed by atoms with Crippen molar-refractivity contribution in [1.29, 1.82) is 0 Å². The Labute approximate surface area is 132 Å². The zero-order valence-corrected chi connectivity index (χ0v) is 13.4. The lowest BCUT2D eigenvalue weighted by molar-refractivity contribution is 0.171. The third kappa shape index (κ3) is 2.59. The third-order valence-corrected chi connectivity index (χ3v) is 5.27. The van der Waals surface area contributed by atoms with Crippen molar-refractivity contribution in [3.8, 4) is 11.5 Å². The van der Waals surface area contributed by atoms with Gasteiger partial charge in [-0.25, -0.2) is 0 Å². The monoisotopic (exact) mass is 302 g/mol. The van der Waals surface area contributed by atoms with Crippen molar-refractivity contribution in [2.45, 2.75) is 45.1 Å². The van der Waals surface area contributed by atoms with E-state index in [1.165, 1.54) is 50.0 Å². The molecule has 1 aromatic rings. The van der Waals surface area contributed by atoms with E-state index in [4.69, 9.17) is 9.47 Å². The Morgan fingerprint density at radius 3 is 2.59 bits per heavy atom. The Morgan fingerprint density at radius 2 is 1.82 bits per heavy atom. The van der Waals surface area contributed by atoms with E-state index < -0.39 is 0 Å². The Balaban J connectivity index is 1.62. The molecule has 1 aromatic carbocycles. The molecule has 4 nitrogen and oxygen atoms in total. The summed E-state index contributed by atoms with van der Waals surface area (Å²) in [6.07, 6.45) is 6.99. The SMILES string of the molecule is CC1CNc2cc3c(cc2N1CC1CCCCC1)OCCO3.